The lowest BCUT2D eigenvalue weighted by Crippen LogP contribution is -2.46. The fourth-order valence-corrected chi connectivity index (χ4v) is 5.89. The summed E-state index contributed by atoms with van der Waals surface area (Å²) < 4.78 is 39.2. The molecule has 7 heteroatoms. The molecular formula is C21H33NO5S. The van der Waals surface area contributed by atoms with E-state index in [-0.39, 0.29) is 19.3 Å². The van der Waals surface area contributed by atoms with Gasteiger partial charge < -0.3 is 9.47 Å². The summed E-state index contributed by atoms with van der Waals surface area (Å²) in [5, 5.41) is 0. The van der Waals surface area contributed by atoms with Gasteiger partial charge in [0.05, 0.1) is 11.5 Å². The Labute approximate surface area is 169 Å². The lowest BCUT2D eigenvalue weighted by atomic mass is 10.1. The fraction of sp³-hybridized carbons (Fsp3) is 0.667. The Morgan fingerprint density at radius 3 is 2.32 bits per heavy atom. The minimum Gasteiger partial charge on any atom is -0.458 e. The molecular weight excluding hydrogens is 378 g/mol. The Bertz CT molecular complexity index is 788. The van der Waals surface area contributed by atoms with Crippen LogP contribution in [0.2, 0.25) is 0 Å². The van der Waals surface area contributed by atoms with E-state index in [4.69, 9.17) is 9.47 Å². The Morgan fingerprint density at radius 1 is 1.14 bits per heavy atom. The molecule has 1 aliphatic heterocycles. The highest BCUT2D eigenvalue weighted by Crippen LogP contribution is 2.30. The van der Waals surface area contributed by atoms with Crippen LogP contribution in [0.4, 0.5) is 0 Å². The van der Waals surface area contributed by atoms with E-state index >= 15 is 0 Å². The van der Waals surface area contributed by atoms with E-state index in [1.807, 2.05) is 32.9 Å². The van der Waals surface area contributed by atoms with Crippen LogP contribution < -0.4 is 0 Å². The number of carbonyl (C=O) groups is 1. The van der Waals surface area contributed by atoms with Gasteiger partial charge in [0.25, 0.3) is 0 Å². The van der Waals surface area contributed by atoms with Gasteiger partial charge in [-0.3, -0.25) is 0 Å². The number of piperidine rings is 1. The van der Waals surface area contributed by atoms with Crippen molar-refractivity contribution >= 4 is 16.0 Å². The Balaban J connectivity index is 2.13. The number of carbonyl (C=O) groups excluding carboxylic acids is 1. The van der Waals surface area contributed by atoms with Crippen molar-refractivity contribution in [3.63, 3.8) is 0 Å². The number of ether oxygens (including phenoxy) is 2. The fourth-order valence-electron chi connectivity index (χ4n) is 3.80. The van der Waals surface area contributed by atoms with E-state index in [1.54, 1.807) is 25.1 Å². The molecule has 0 aromatic heterocycles. The Morgan fingerprint density at radius 2 is 1.75 bits per heavy atom. The first-order valence-electron chi connectivity index (χ1n) is 9.81. The molecule has 0 bridgehead atoms. The second kappa shape index (κ2) is 8.93. The monoisotopic (exact) mass is 411 g/mol. The summed E-state index contributed by atoms with van der Waals surface area (Å²) in [7, 11) is -3.63. The van der Waals surface area contributed by atoms with E-state index < -0.39 is 21.6 Å². The Hall–Kier alpha value is -1.44. The lowest BCUT2D eigenvalue weighted by Gasteiger charge is -2.35. The lowest BCUT2D eigenvalue weighted by molar-refractivity contribution is -0.160. The van der Waals surface area contributed by atoms with Gasteiger partial charge in [0.2, 0.25) is 10.0 Å². The van der Waals surface area contributed by atoms with E-state index in [0.29, 0.717) is 11.4 Å². The third-order valence-corrected chi connectivity index (χ3v) is 6.95. The quantitative estimate of drug-likeness (QED) is 0.670. The number of hydrogen-bond donors (Lipinski definition) is 0. The summed E-state index contributed by atoms with van der Waals surface area (Å²) >= 11 is 0. The molecule has 1 unspecified atom stereocenters. The summed E-state index contributed by atoms with van der Waals surface area (Å²) in [4.78, 5) is 12.2. The molecule has 1 saturated heterocycles. The first-order chi connectivity index (χ1) is 12.9. The number of sulfonamides is 1. The largest absolute Gasteiger partial charge is 0.458 e. The van der Waals surface area contributed by atoms with Gasteiger partial charge in [-0.25, -0.2) is 13.2 Å². The van der Waals surface area contributed by atoms with E-state index in [1.165, 1.54) is 0 Å². The van der Waals surface area contributed by atoms with Crippen LogP contribution in [0.25, 0.3) is 0 Å². The van der Waals surface area contributed by atoms with Crippen LogP contribution in [-0.4, -0.2) is 50.1 Å². The van der Waals surface area contributed by atoms with Gasteiger partial charge in [0.1, 0.15) is 12.2 Å². The van der Waals surface area contributed by atoms with Crippen molar-refractivity contribution in [3.8, 4) is 0 Å². The smallest absolute Gasteiger partial charge is 0.332 e. The summed E-state index contributed by atoms with van der Waals surface area (Å²) in [6.07, 6.45) is 2.49. The Kier molecular flexibility index (Phi) is 7.28. The van der Waals surface area contributed by atoms with Gasteiger partial charge >= 0.3 is 5.97 Å². The zero-order chi connectivity index (χ0) is 21.1. The summed E-state index contributed by atoms with van der Waals surface area (Å²) in [5.41, 5.74) is 2.00. The molecule has 1 heterocycles. The molecule has 0 radical (unpaired) electrons. The summed E-state index contributed by atoms with van der Waals surface area (Å²) in [6.45, 7) is 11.5. The highest BCUT2D eigenvalue weighted by molar-refractivity contribution is 7.89. The van der Waals surface area contributed by atoms with Crippen molar-refractivity contribution in [2.75, 3.05) is 19.8 Å². The van der Waals surface area contributed by atoms with Crippen LogP contribution in [0.5, 0.6) is 0 Å². The number of hydrogen-bond acceptors (Lipinski definition) is 5. The van der Waals surface area contributed by atoms with E-state index in [9.17, 15) is 13.2 Å². The van der Waals surface area contributed by atoms with E-state index in [2.05, 4.69) is 0 Å². The molecule has 1 fully saturated rings. The number of nitrogens with zero attached hydrogens (tertiary/aromatic N) is 1. The van der Waals surface area contributed by atoms with Gasteiger partial charge in [0.15, 0.2) is 0 Å². The zero-order valence-corrected chi connectivity index (χ0v) is 18.7. The van der Waals surface area contributed by atoms with Crippen LogP contribution in [0.3, 0.4) is 0 Å². The highest BCUT2D eigenvalue weighted by Gasteiger charge is 2.35. The number of benzene rings is 1. The molecule has 0 amide bonds. The highest BCUT2D eigenvalue weighted by atomic mass is 32.2. The predicted molar refractivity (Wildman–Crippen MR) is 109 cm³/mol. The van der Waals surface area contributed by atoms with Gasteiger partial charge in [0, 0.05) is 12.6 Å². The summed E-state index contributed by atoms with van der Waals surface area (Å²) in [6, 6.07) is 3.52. The van der Waals surface area contributed by atoms with Crippen molar-refractivity contribution in [1.82, 2.24) is 4.31 Å². The molecule has 0 spiro atoms. The molecule has 0 aliphatic carbocycles. The normalized spacial score (nSPS) is 18.9. The average Bonchev–Trinajstić information content (AvgIpc) is 2.52. The molecule has 2 rings (SSSR count). The molecule has 0 N–H and O–H groups in total. The zero-order valence-electron chi connectivity index (χ0n) is 17.9. The molecule has 28 heavy (non-hydrogen) atoms. The third-order valence-electron chi connectivity index (χ3n) is 4.69. The molecule has 1 atom stereocenters. The van der Waals surface area contributed by atoms with Crippen molar-refractivity contribution in [1.29, 1.82) is 0 Å². The van der Waals surface area contributed by atoms with Crippen molar-refractivity contribution < 1.29 is 22.7 Å². The van der Waals surface area contributed by atoms with Crippen LogP contribution >= 0.6 is 0 Å². The van der Waals surface area contributed by atoms with Crippen molar-refractivity contribution in [2.45, 2.75) is 77.3 Å². The maximum absolute atomic E-state index is 13.4. The standard InChI is InChI=1S/C21H33NO5S/c1-15-11-16(2)20(17(3)12-15)28(24,25)22-10-8-7-9-18(22)13-26-14-19(23)27-21(4,5)6/h11-12,18H,7-10,13-14H2,1-6H3. The molecule has 158 valence electrons. The second-order valence-electron chi connectivity index (χ2n) is 8.59. The third kappa shape index (κ3) is 5.78. The number of aryl methyl sites for hydroxylation is 3. The molecule has 1 aliphatic rings. The van der Waals surface area contributed by atoms with Crippen LogP contribution in [0, 0.1) is 20.8 Å². The maximum Gasteiger partial charge on any atom is 0.332 e. The van der Waals surface area contributed by atoms with Gasteiger partial charge in [-0.1, -0.05) is 24.1 Å². The number of esters is 1. The topological polar surface area (TPSA) is 72.9 Å². The second-order valence-corrected chi connectivity index (χ2v) is 10.4. The van der Waals surface area contributed by atoms with Gasteiger partial charge in [-0.05, 0) is 65.5 Å². The molecule has 1 aromatic carbocycles. The van der Waals surface area contributed by atoms with Crippen LogP contribution in [0.15, 0.2) is 17.0 Å². The number of rotatable bonds is 6. The van der Waals surface area contributed by atoms with Crippen molar-refractivity contribution in [2.24, 2.45) is 0 Å². The molecule has 6 nitrogen and oxygen atoms in total. The molecule has 0 saturated carbocycles. The predicted octanol–water partition coefficient (Wildman–Crippen LogP) is 3.51. The van der Waals surface area contributed by atoms with Gasteiger partial charge in [-0.15, -0.1) is 0 Å². The maximum atomic E-state index is 13.4. The van der Waals surface area contributed by atoms with E-state index in [0.717, 1.165) is 36.0 Å². The minimum atomic E-state index is -3.63. The first-order valence-corrected chi connectivity index (χ1v) is 11.2. The first kappa shape index (κ1) is 22.8. The minimum absolute atomic E-state index is 0.176. The van der Waals surface area contributed by atoms with Crippen LogP contribution in [-0.2, 0) is 24.3 Å². The van der Waals surface area contributed by atoms with Crippen molar-refractivity contribution in [3.05, 3.63) is 28.8 Å². The average molecular weight is 412 g/mol. The van der Waals surface area contributed by atoms with Crippen LogP contribution in [0.1, 0.15) is 56.7 Å². The van der Waals surface area contributed by atoms with Gasteiger partial charge in [-0.2, -0.15) is 4.31 Å². The molecule has 1 aromatic rings. The SMILES string of the molecule is Cc1cc(C)c(S(=O)(=O)N2CCCCC2COCC(=O)OC(C)(C)C)c(C)c1. The summed E-state index contributed by atoms with van der Waals surface area (Å²) in [5.74, 6) is -0.442.